The second-order valence-electron chi connectivity index (χ2n) is 3.00. The minimum Gasteiger partial charge on any atom is -0.384 e. The van der Waals surface area contributed by atoms with Crippen LogP contribution >= 0.6 is 11.8 Å². The summed E-state index contributed by atoms with van der Waals surface area (Å²) in [6, 6.07) is 3.81. The minimum atomic E-state index is 0.595. The van der Waals surface area contributed by atoms with E-state index in [0.717, 1.165) is 12.2 Å². The molecule has 0 aliphatic heterocycles. The SMILES string of the molecule is CSC(C)CNc1ccnc(NN)c1. The molecule has 0 bridgehead atoms. The lowest BCUT2D eigenvalue weighted by Gasteiger charge is -2.11. The van der Waals surface area contributed by atoms with Crippen molar-refractivity contribution in [3.05, 3.63) is 18.3 Å². The third kappa shape index (κ3) is 3.43. The fourth-order valence-corrected chi connectivity index (χ4v) is 1.21. The molecule has 14 heavy (non-hydrogen) atoms. The first-order valence-electron chi connectivity index (χ1n) is 4.45. The molecule has 0 amide bonds. The lowest BCUT2D eigenvalue weighted by Crippen LogP contribution is -2.13. The molecule has 1 atom stereocenters. The lowest BCUT2D eigenvalue weighted by molar-refractivity contribution is 1.00. The average molecular weight is 212 g/mol. The van der Waals surface area contributed by atoms with Gasteiger partial charge in [-0.1, -0.05) is 6.92 Å². The number of hydrogen-bond acceptors (Lipinski definition) is 5. The van der Waals surface area contributed by atoms with Gasteiger partial charge in [0.1, 0.15) is 5.82 Å². The zero-order valence-electron chi connectivity index (χ0n) is 8.45. The predicted octanol–water partition coefficient (Wildman–Crippen LogP) is 1.53. The van der Waals surface area contributed by atoms with E-state index < -0.39 is 0 Å². The highest BCUT2D eigenvalue weighted by Gasteiger charge is 1.99. The van der Waals surface area contributed by atoms with E-state index in [0.29, 0.717) is 11.1 Å². The molecular weight excluding hydrogens is 196 g/mol. The molecule has 1 unspecified atom stereocenters. The first-order chi connectivity index (χ1) is 6.76. The molecule has 4 N–H and O–H groups in total. The Hall–Kier alpha value is -0.940. The van der Waals surface area contributed by atoms with Crippen LogP contribution in [0.5, 0.6) is 0 Å². The monoisotopic (exact) mass is 212 g/mol. The van der Waals surface area contributed by atoms with Gasteiger partial charge in [-0.3, -0.25) is 0 Å². The Balaban J connectivity index is 2.50. The molecule has 0 saturated heterocycles. The van der Waals surface area contributed by atoms with Crippen LogP contribution in [0, 0.1) is 0 Å². The minimum absolute atomic E-state index is 0.595. The molecule has 0 spiro atoms. The van der Waals surface area contributed by atoms with Gasteiger partial charge in [0.25, 0.3) is 0 Å². The largest absolute Gasteiger partial charge is 0.384 e. The van der Waals surface area contributed by atoms with Gasteiger partial charge in [-0.15, -0.1) is 0 Å². The van der Waals surface area contributed by atoms with Crippen molar-refractivity contribution in [3.8, 4) is 0 Å². The quantitative estimate of drug-likeness (QED) is 0.510. The van der Waals surface area contributed by atoms with Gasteiger partial charge < -0.3 is 10.7 Å². The van der Waals surface area contributed by atoms with E-state index in [1.165, 1.54) is 0 Å². The maximum atomic E-state index is 5.26. The molecule has 1 rings (SSSR count). The summed E-state index contributed by atoms with van der Waals surface area (Å²) in [6.45, 7) is 3.12. The van der Waals surface area contributed by atoms with E-state index in [2.05, 4.69) is 28.9 Å². The van der Waals surface area contributed by atoms with Crippen LogP contribution in [-0.2, 0) is 0 Å². The zero-order chi connectivity index (χ0) is 10.4. The van der Waals surface area contributed by atoms with Gasteiger partial charge in [-0.2, -0.15) is 11.8 Å². The zero-order valence-corrected chi connectivity index (χ0v) is 9.27. The Labute approximate surface area is 88.6 Å². The molecule has 0 aliphatic rings. The number of aromatic nitrogens is 1. The van der Waals surface area contributed by atoms with Crippen molar-refractivity contribution in [3.63, 3.8) is 0 Å². The Kier molecular flexibility index (Phi) is 4.55. The van der Waals surface area contributed by atoms with Crippen LogP contribution in [0.25, 0.3) is 0 Å². The Bertz CT molecular complexity index is 279. The molecule has 4 nitrogen and oxygen atoms in total. The van der Waals surface area contributed by atoms with Crippen LogP contribution in [0.1, 0.15) is 6.92 Å². The highest BCUT2D eigenvalue weighted by atomic mass is 32.2. The summed E-state index contributed by atoms with van der Waals surface area (Å²) in [5.74, 6) is 5.93. The van der Waals surface area contributed by atoms with Crippen LogP contribution in [0.3, 0.4) is 0 Å². The van der Waals surface area contributed by atoms with E-state index in [1.54, 1.807) is 6.20 Å². The average Bonchev–Trinajstić information content (AvgIpc) is 2.26. The van der Waals surface area contributed by atoms with Gasteiger partial charge in [-0.05, 0) is 12.3 Å². The van der Waals surface area contributed by atoms with Gasteiger partial charge in [0, 0.05) is 29.7 Å². The normalized spacial score (nSPS) is 12.2. The van der Waals surface area contributed by atoms with Crippen molar-refractivity contribution in [2.75, 3.05) is 23.5 Å². The van der Waals surface area contributed by atoms with Crippen LogP contribution in [0.15, 0.2) is 18.3 Å². The molecule has 0 saturated carbocycles. The first-order valence-corrected chi connectivity index (χ1v) is 5.74. The van der Waals surface area contributed by atoms with Crippen LogP contribution < -0.4 is 16.6 Å². The molecule has 78 valence electrons. The van der Waals surface area contributed by atoms with Gasteiger partial charge in [-0.25, -0.2) is 10.8 Å². The predicted molar refractivity (Wildman–Crippen MR) is 63.5 cm³/mol. The molecule has 0 aliphatic carbocycles. The smallest absolute Gasteiger partial charge is 0.141 e. The maximum Gasteiger partial charge on any atom is 0.141 e. The van der Waals surface area contributed by atoms with E-state index in [9.17, 15) is 0 Å². The Morgan fingerprint density at radius 1 is 1.64 bits per heavy atom. The fourth-order valence-electron chi connectivity index (χ4n) is 0.964. The molecule has 1 aromatic heterocycles. The number of nitrogen functional groups attached to an aromatic ring is 1. The first kappa shape index (κ1) is 11.1. The van der Waals surface area contributed by atoms with E-state index >= 15 is 0 Å². The van der Waals surface area contributed by atoms with Gasteiger partial charge >= 0.3 is 0 Å². The van der Waals surface area contributed by atoms with Crippen molar-refractivity contribution in [2.45, 2.75) is 12.2 Å². The molecule has 0 fully saturated rings. The van der Waals surface area contributed by atoms with Crippen LogP contribution in [0.2, 0.25) is 0 Å². The Morgan fingerprint density at radius 3 is 3.07 bits per heavy atom. The summed E-state index contributed by atoms with van der Waals surface area (Å²) in [4.78, 5) is 4.02. The maximum absolute atomic E-state index is 5.26. The van der Waals surface area contributed by atoms with Crippen LogP contribution in [0.4, 0.5) is 11.5 Å². The molecular formula is C9H16N4S. The molecule has 1 aromatic rings. The molecule has 1 heterocycles. The van der Waals surface area contributed by atoms with Crippen molar-refractivity contribution in [1.82, 2.24) is 4.98 Å². The van der Waals surface area contributed by atoms with E-state index in [1.807, 2.05) is 23.9 Å². The summed E-state index contributed by atoms with van der Waals surface area (Å²) < 4.78 is 0. The number of rotatable bonds is 5. The third-order valence-electron chi connectivity index (χ3n) is 1.90. The summed E-state index contributed by atoms with van der Waals surface area (Å²) in [5, 5.41) is 3.91. The number of anilines is 2. The van der Waals surface area contributed by atoms with Crippen molar-refractivity contribution in [2.24, 2.45) is 5.84 Å². The fraction of sp³-hybridized carbons (Fsp3) is 0.444. The molecule has 0 aromatic carbocycles. The number of nitrogens with zero attached hydrogens (tertiary/aromatic N) is 1. The molecule has 5 heteroatoms. The summed E-state index contributed by atoms with van der Waals surface area (Å²) in [7, 11) is 0. The standard InChI is InChI=1S/C9H16N4S/c1-7(14-2)6-12-8-3-4-11-9(5-8)13-10/h3-5,7H,6,10H2,1-2H3,(H2,11,12,13). The third-order valence-corrected chi connectivity index (χ3v) is 2.88. The number of nitrogens with one attached hydrogen (secondary N) is 2. The number of hydrogen-bond donors (Lipinski definition) is 3. The van der Waals surface area contributed by atoms with E-state index in [4.69, 9.17) is 5.84 Å². The van der Waals surface area contributed by atoms with E-state index in [-0.39, 0.29) is 0 Å². The highest BCUT2D eigenvalue weighted by Crippen LogP contribution is 2.12. The van der Waals surface area contributed by atoms with Gasteiger partial charge in [0.05, 0.1) is 0 Å². The highest BCUT2D eigenvalue weighted by molar-refractivity contribution is 7.99. The topological polar surface area (TPSA) is 63.0 Å². The second kappa shape index (κ2) is 5.72. The van der Waals surface area contributed by atoms with Gasteiger partial charge in [0.15, 0.2) is 0 Å². The summed E-state index contributed by atoms with van der Waals surface area (Å²) in [6.07, 6.45) is 3.83. The van der Waals surface area contributed by atoms with Crippen LogP contribution in [-0.4, -0.2) is 23.0 Å². The van der Waals surface area contributed by atoms with Crippen molar-refractivity contribution >= 4 is 23.3 Å². The van der Waals surface area contributed by atoms with Crippen molar-refractivity contribution in [1.29, 1.82) is 0 Å². The number of nitrogens with two attached hydrogens (primary N) is 1. The molecule has 0 radical (unpaired) electrons. The number of thioether (sulfide) groups is 1. The van der Waals surface area contributed by atoms with Gasteiger partial charge in [0.2, 0.25) is 0 Å². The van der Waals surface area contributed by atoms with Crippen molar-refractivity contribution < 1.29 is 0 Å². The number of hydrazine groups is 1. The summed E-state index contributed by atoms with van der Waals surface area (Å²) in [5.41, 5.74) is 3.55. The second-order valence-corrected chi connectivity index (χ2v) is 4.28. The lowest BCUT2D eigenvalue weighted by atomic mass is 10.3. The summed E-state index contributed by atoms with van der Waals surface area (Å²) >= 11 is 1.84. The Morgan fingerprint density at radius 2 is 2.43 bits per heavy atom. The number of pyridine rings is 1.